The summed E-state index contributed by atoms with van der Waals surface area (Å²) in [7, 11) is 3.49. The molecule has 6 nitrogen and oxygen atoms in total. The van der Waals surface area contributed by atoms with Gasteiger partial charge in [-0.15, -0.1) is 0 Å². The SMILES string of the molecule is C=CCOc1ccc(C(=O)N2CCC3(CC(NC(=O)N(C)C)C3)C2)cc1. The van der Waals surface area contributed by atoms with Crippen LogP contribution >= 0.6 is 0 Å². The van der Waals surface area contributed by atoms with Crippen LogP contribution in [0.1, 0.15) is 29.6 Å². The molecule has 1 aromatic rings. The van der Waals surface area contributed by atoms with Crippen LogP contribution in [0.4, 0.5) is 4.79 Å². The topological polar surface area (TPSA) is 61.9 Å². The fraction of sp³-hybridized carbons (Fsp3) is 0.500. The van der Waals surface area contributed by atoms with Crippen LogP contribution in [0, 0.1) is 5.41 Å². The number of rotatable bonds is 5. The van der Waals surface area contributed by atoms with Crippen molar-refractivity contribution >= 4 is 11.9 Å². The third-order valence-electron chi connectivity index (χ3n) is 5.29. The molecule has 0 aromatic heterocycles. The van der Waals surface area contributed by atoms with E-state index >= 15 is 0 Å². The van der Waals surface area contributed by atoms with Crippen molar-refractivity contribution in [1.29, 1.82) is 0 Å². The monoisotopic (exact) mass is 357 g/mol. The van der Waals surface area contributed by atoms with Gasteiger partial charge < -0.3 is 19.9 Å². The van der Waals surface area contributed by atoms with Crippen LogP contribution in [0.5, 0.6) is 5.75 Å². The Bertz CT molecular complexity index is 678. The van der Waals surface area contributed by atoms with Crippen LogP contribution in [0.15, 0.2) is 36.9 Å². The van der Waals surface area contributed by atoms with Gasteiger partial charge in [0.05, 0.1) is 0 Å². The molecule has 6 heteroatoms. The molecule has 2 aliphatic rings. The van der Waals surface area contributed by atoms with Crippen LogP contribution in [0.25, 0.3) is 0 Å². The quantitative estimate of drug-likeness (QED) is 0.824. The average Bonchev–Trinajstić information content (AvgIpc) is 3.04. The highest BCUT2D eigenvalue weighted by atomic mass is 16.5. The number of hydrogen-bond acceptors (Lipinski definition) is 3. The van der Waals surface area contributed by atoms with E-state index in [1.54, 1.807) is 25.1 Å². The summed E-state index contributed by atoms with van der Waals surface area (Å²) in [4.78, 5) is 28.0. The van der Waals surface area contributed by atoms with E-state index in [0.29, 0.717) is 12.2 Å². The van der Waals surface area contributed by atoms with Crippen LogP contribution in [0.3, 0.4) is 0 Å². The Morgan fingerprint density at radius 2 is 2.04 bits per heavy atom. The average molecular weight is 357 g/mol. The Morgan fingerprint density at radius 3 is 2.65 bits per heavy atom. The van der Waals surface area contributed by atoms with Crippen LogP contribution < -0.4 is 10.1 Å². The normalized spacial score (nSPS) is 24.1. The zero-order chi connectivity index (χ0) is 18.7. The van der Waals surface area contributed by atoms with E-state index in [4.69, 9.17) is 4.74 Å². The molecule has 2 fully saturated rings. The van der Waals surface area contributed by atoms with E-state index in [1.165, 1.54) is 0 Å². The molecule has 0 radical (unpaired) electrons. The summed E-state index contributed by atoms with van der Waals surface area (Å²) in [5.41, 5.74) is 0.859. The largest absolute Gasteiger partial charge is 0.490 e. The molecule has 0 bridgehead atoms. The maximum atomic E-state index is 12.7. The summed E-state index contributed by atoms with van der Waals surface area (Å²) in [6.07, 6.45) is 4.60. The first-order chi connectivity index (χ1) is 12.4. The number of urea groups is 1. The van der Waals surface area contributed by atoms with Gasteiger partial charge in [0.15, 0.2) is 0 Å². The predicted molar refractivity (Wildman–Crippen MR) is 100 cm³/mol. The van der Waals surface area contributed by atoms with Gasteiger partial charge in [0, 0.05) is 38.8 Å². The molecule has 0 unspecified atom stereocenters. The third-order valence-corrected chi connectivity index (χ3v) is 5.29. The standard InChI is InChI=1S/C20H27N3O3/c1-4-11-26-17-7-5-15(6-8-17)18(24)23-10-9-20(14-23)12-16(13-20)21-19(25)22(2)3/h4-8,16H,1,9-14H2,2-3H3,(H,21,25). The molecule has 3 amide bonds. The van der Waals surface area contributed by atoms with E-state index in [0.717, 1.165) is 38.1 Å². The Kier molecular flexibility index (Phi) is 5.20. The van der Waals surface area contributed by atoms with Gasteiger partial charge in [0.2, 0.25) is 0 Å². The van der Waals surface area contributed by atoms with Gasteiger partial charge in [0.1, 0.15) is 12.4 Å². The van der Waals surface area contributed by atoms with E-state index in [9.17, 15) is 9.59 Å². The lowest BCUT2D eigenvalue weighted by atomic mass is 9.65. The van der Waals surface area contributed by atoms with Crippen LogP contribution in [-0.2, 0) is 0 Å². The lowest BCUT2D eigenvalue weighted by Gasteiger charge is -2.45. The maximum Gasteiger partial charge on any atom is 0.317 e. The highest BCUT2D eigenvalue weighted by Crippen LogP contribution is 2.48. The van der Waals surface area contributed by atoms with Gasteiger partial charge >= 0.3 is 6.03 Å². The second-order valence-electron chi connectivity index (χ2n) is 7.55. The van der Waals surface area contributed by atoms with Gasteiger partial charge in [-0.05, 0) is 48.9 Å². The van der Waals surface area contributed by atoms with E-state index in [1.807, 2.05) is 29.2 Å². The third kappa shape index (κ3) is 3.84. The van der Waals surface area contributed by atoms with Crippen molar-refractivity contribution in [2.24, 2.45) is 5.41 Å². The Morgan fingerprint density at radius 1 is 1.35 bits per heavy atom. The molecule has 140 valence electrons. The van der Waals surface area contributed by atoms with Crippen molar-refractivity contribution in [2.75, 3.05) is 33.8 Å². The second kappa shape index (κ2) is 7.40. The van der Waals surface area contributed by atoms with E-state index < -0.39 is 0 Å². The smallest absolute Gasteiger partial charge is 0.317 e. The van der Waals surface area contributed by atoms with Gasteiger partial charge in [-0.2, -0.15) is 0 Å². The first-order valence-corrected chi connectivity index (χ1v) is 9.03. The van der Waals surface area contributed by atoms with Crippen molar-refractivity contribution < 1.29 is 14.3 Å². The molecule has 1 saturated heterocycles. The number of benzene rings is 1. The number of hydrogen-bond donors (Lipinski definition) is 1. The minimum atomic E-state index is -0.0467. The molecule has 26 heavy (non-hydrogen) atoms. The number of ether oxygens (including phenoxy) is 1. The molecule has 0 atom stereocenters. The van der Waals surface area contributed by atoms with Gasteiger partial charge in [-0.3, -0.25) is 4.79 Å². The number of carbonyl (C=O) groups is 2. The maximum absolute atomic E-state index is 12.7. The minimum Gasteiger partial charge on any atom is -0.490 e. The molecule has 1 spiro atoms. The molecular weight excluding hydrogens is 330 g/mol. The highest BCUT2D eigenvalue weighted by Gasteiger charge is 2.49. The Hall–Kier alpha value is -2.50. The lowest BCUT2D eigenvalue weighted by molar-refractivity contribution is 0.0665. The molecular formula is C20H27N3O3. The molecule has 1 saturated carbocycles. The van der Waals surface area contributed by atoms with Crippen molar-refractivity contribution in [2.45, 2.75) is 25.3 Å². The van der Waals surface area contributed by atoms with Crippen LogP contribution in [-0.4, -0.2) is 61.6 Å². The van der Waals surface area contributed by atoms with Gasteiger partial charge in [0.25, 0.3) is 5.91 Å². The second-order valence-corrected chi connectivity index (χ2v) is 7.55. The zero-order valence-electron chi connectivity index (χ0n) is 15.5. The molecule has 3 rings (SSSR count). The Balaban J connectivity index is 1.52. The molecule has 1 N–H and O–H groups in total. The van der Waals surface area contributed by atoms with Crippen molar-refractivity contribution in [3.63, 3.8) is 0 Å². The summed E-state index contributed by atoms with van der Waals surface area (Å²) in [6.45, 7) is 5.62. The molecule has 1 aliphatic heterocycles. The fourth-order valence-electron chi connectivity index (χ4n) is 3.86. The summed E-state index contributed by atoms with van der Waals surface area (Å²) in [6, 6.07) is 7.44. The van der Waals surface area contributed by atoms with E-state index in [2.05, 4.69) is 11.9 Å². The Labute approximate surface area is 154 Å². The van der Waals surface area contributed by atoms with Crippen molar-refractivity contribution in [3.8, 4) is 5.75 Å². The summed E-state index contributed by atoms with van der Waals surface area (Å²) >= 11 is 0. The summed E-state index contributed by atoms with van der Waals surface area (Å²) in [5, 5.41) is 3.03. The lowest BCUT2D eigenvalue weighted by Crippen LogP contribution is -2.54. The first kappa shape index (κ1) is 18.3. The fourth-order valence-corrected chi connectivity index (χ4v) is 3.86. The minimum absolute atomic E-state index is 0.0467. The number of amides is 3. The first-order valence-electron chi connectivity index (χ1n) is 9.03. The van der Waals surface area contributed by atoms with Gasteiger partial charge in [-0.25, -0.2) is 4.79 Å². The van der Waals surface area contributed by atoms with Crippen molar-refractivity contribution in [1.82, 2.24) is 15.1 Å². The summed E-state index contributed by atoms with van der Waals surface area (Å²) in [5.74, 6) is 0.802. The molecule has 1 aliphatic carbocycles. The number of carbonyl (C=O) groups excluding carboxylic acids is 2. The number of nitrogens with zero attached hydrogens (tertiary/aromatic N) is 2. The molecule has 1 heterocycles. The van der Waals surface area contributed by atoms with Crippen LogP contribution in [0.2, 0.25) is 0 Å². The van der Waals surface area contributed by atoms with Gasteiger partial charge in [-0.1, -0.05) is 12.7 Å². The zero-order valence-corrected chi connectivity index (χ0v) is 15.5. The predicted octanol–water partition coefficient (Wildman–Crippen LogP) is 2.52. The number of likely N-dealkylation sites (tertiary alicyclic amines) is 1. The highest BCUT2D eigenvalue weighted by molar-refractivity contribution is 5.94. The van der Waals surface area contributed by atoms with E-state index in [-0.39, 0.29) is 23.4 Å². The molecule has 1 aromatic carbocycles. The summed E-state index contributed by atoms with van der Waals surface area (Å²) < 4.78 is 5.45. The number of nitrogens with one attached hydrogen (secondary N) is 1. The van der Waals surface area contributed by atoms with Crippen molar-refractivity contribution in [3.05, 3.63) is 42.5 Å².